The van der Waals surface area contributed by atoms with E-state index in [4.69, 9.17) is 28.4 Å². The second-order valence-corrected chi connectivity index (χ2v) is 7.51. The van der Waals surface area contributed by atoms with Gasteiger partial charge in [0.1, 0.15) is 10.3 Å². The molecule has 1 rings (SSSR count). The third-order valence-corrected chi connectivity index (χ3v) is 3.81. The van der Waals surface area contributed by atoms with Crippen molar-refractivity contribution in [1.29, 1.82) is 0 Å². The number of oxime groups is 1. The van der Waals surface area contributed by atoms with E-state index in [9.17, 15) is 8.42 Å². The molecule has 10 heteroatoms. The van der Waals surface area contributed by atoms with E-state index in [0.717, 1.165) is 12.5 Å². The van der Waals surface area contributed by atoms with Crippen LogP contribution in [0, 0.1) is 0 Å². The Balaban J connectivity index is 3.20. The molecule has 16 heavy (non-hydrogen) atoms. The summed E-state index contributed by atoms with van der Waals surface area (Å²) in [6, 6.07) is 0. The Labute approximate surface area is 105 Å². The van der Waals surface area contributed by atoms with Crippen LogP contribution in [0.1, 0.15) is 5.56 Å². The summed E-state index contributed by atoms with van der Waals surface area (Å²) in [5, 5.41) is 10.8. The minimum Gasteiger partial charge on any atom is -0.411 e. The van der Waals surface area contributed by atoms with E-state index >= 15 is 0 Å². The van der Waals surface area contributed by atoms with Gasteiger partial charge in [-0.3, -0.25) is 0 Å². The molecule has 0 saturated carbocycles. The molecule has 0 aliphatic carbocycles. The van der Waals surface area contributed by atoms with E-state index in [-0.39, 0.29) is 21.0 Å². The lowest BCUT2D eigenvalue weighted by Gasteiger charge is -2.02. The van der Waals surface area contributed by atoms with Crippen LogP contribution in [-0.4, -0.2) is 36.1 Å². The van der Waals surface area contributed by atoms with Gasteiger partial charge in [-0.15, -0.1) is 0 Å². The molecule has 0 aromatic carbocycles. The summed E-state index contributed by atoms with van der Waals surface area (Å²) in [4.78, 5) is 7.38. The first kappa shape index (κ1) is 13.5. The normalized spacial score (nSPS) is 12.2. The first-order chi connectivity index (χ1) is 7.33. The van der Waals surface area contributed by atoms with E-state index in [1.54, 1.807) is 0 Å². The van der Waals surface area contributed by atoms with Crippen molar-refractivity contribution in [2.24, 2.45) is 5.16 Å². The summed E-state index contributed by atoms with van der Waals surface area (Å²) in [6.45, 7) is 0. The zero-order chi connectivity index (χ0) is 12.3. The van der Waals surface area contributed by atoms with Gasteiger partial charge < -0.3 is 5.21 Å². The molecule has 1 aromatic heterocycles. The molecule has 1 heterocycles. The molecule has 6 nitrogen and oxygen atoms in total. The van der Waals surface area contributed by atoms with Crippen LogP contribution in [0.2, 0.25) is 10.3 Å². The van der Waals surface area contributed by atoms with E-state index in [1.807, 2.05) is 0 Å². The van der Waals surface area contributed by atoms with Crippen LogP contribution in [0.5, 0.6) is 0 Å². The molecule has 0 aliphatic rings. The van der Waals surface area contributed by atoms with Gasteiger partial charge in [0.05, 0.1) is 11.8 Å². The van der Waals surface area contributed by atoms with E-state index in [0.29, 0.717) is 10.8 Å². The highest BCUT2D eigenvalue weighted by atomic mass is 35.5. The third-order valence-electron chi connectivity index (χ3n) is 1.24. The van der Waals surface area contributed by atoms with Crippen LogP contribution in [-0.2, 0) is 8.87 Å². The van der Waals surface area contributed by atoms with Crippen molar-refractivity contribution < 1.29 is 13.6 Å². The Bertz CT molecular complexity index is 509. The lowest BCUT2D eigenvalue weighted by molar-refractivity contribution is 0.322. The van der Waals surface area contributed by atoms with Crippen molar-refractivity contribution in [1.82, 2.24) is 9.97 Å². The first-order valence-electron chi connectivity index (χ1n) is 3.63. The number of hydrogen-bond donors (Lipinski definition) is 1. The fraction of sp³-hybridized carbons (Fsp3) is 0.167. The van der Waals surface area contributed by atoms with E-state index in [2.05, 4.69) is 15.1 Å². The van der Waals surface area contributed by atoms with Crippen LogP contribution in [0.4, 0.5) is 0 Å². The molecular weight excluding hydrogens is 297 g/mol. The molecule has 88 valence electrons. The highest BCUT2D eigenvalue weighted by molar-refractivity contribution is 8.71. The Morgan fingerprint density at radius 1 is 1.38 bits per heavy atom. The molecule has 0 radical (unpaired) electrons. The zero-order valence-corrected chi connectivity index (χ0v) is 10.9. The van der Waals surface area contributed by atoms with Gasteiger partial charge in [0.2, 0.25) is 14.0 Å². The van der Waals surface area contributed by atoms with Crippen LogP contribution in [0.25, 0.3) is 0 Å². The summed E-state index contributed by atoms with van der Waals surface area (Å²) in [7, 11) is -2.91. The fourth-order valence-electron chi connectivity index (χ4n) is 0.735. The monoisotopic (exact) mass is 301 g/mol. The summed E-state index contributed by atoms with van der Waals surface area (Å²) in [5.41, 5.74) is 0.115. The maximum absolute atomic E-state index is 11.0. The molecular formula is C6H5Cl2N3O3S2. The smallest absolute Gasteiger partial charge is 0.206 e. The first-order valence-corrected chi connectivity index (χ1v) is 7.61. The van der Waals surface area contributed by atoms with Gasteiger partial charge in [-0.05, 0) is 0 Å². The Morgan fingerprint density at radius 2 is 1.88 bits per heavy atom. The van der Waals surface area contributed by atoms with E-state index < -0.39 is 8.87 Å². The van der Waals surface area contributed by atoms with Crippen molar-refractivity contribution in [3.63, 3.8) is 0 Å². The van der Waals surface area contributed by atoms with Crippen molar-refractivity contribution in [2.45, 2.75) is 5.16 Å². The molecule has 0 spiro atoms. The summed E-state index contributed by atoms with van der Waals surface area (Å²) in [5.74, 6) is 0. The van der Waals surface area contributed by atoms with Crippen molar-refractivity contribution in [3.05, 3.63) is 15.9 Å². The van der Waals surface area contributed by atoms with Crippen molar-refractivity contribution in [2.75, 3.05) is 6.26 Å². The number of rotatable bonds is 3. The Morgan fingerprint density at radius 3 is 2.25 bits per heavy atom. The number of aromatic nitrogens is 2. The fourth-order valence-corrected chi connectivity index (χ4v) is 2.88. The number of hydrogen-bond acceptors (Lipinski definition) is 7. The summed E-state index contributed by atoms with van der Waals surface area (Å²) in [6.07, 6.45) is 1.96. The topological polar surface area (TPSA) is 92.5 Å². The number of halogens is 2. The Kier molecular flexibility index (Phi) is 4.36. The highest BCUT2D eigenvalue weighted by Crippen LogP contribution is 2.26. The quantitative estimate of drug-likeness (QED) is 0.228. The van der Waals surface area contributed by atoms with Crippen LogP contribution < -0.4 is 0 Å². The van der Waals surface area contributed by atoms with Crippen LogP contribution in [0.15, 0.2) is 10.3 Å². The van der Waals surface area contributed by atoms with Crippen LogP contribution in [0.3, 0.4) is 0 Å². The van der Waals surface area contributed by atoms with Gasteiger partial charge in [0, 0.05) is 17.0 Å². The van der Waals surface area contributed by atoms with Crippen LogP contribution >= 0.6 is 34.0 Å². The standard InChI is InChI=1S/C6H5Cl2N3O3S2/c1-16(13,14)15-6-10-4(7)3(2-9-12)5(8)11-6/h2,12H,1H3. The maximum atomic E-state index is 11.0. The second kappa shape index (κ2) is 5.17. The lowest BCUT2D eigenvalue weighted by Crippen LogP contribution is -1.98. The molecule has 0 saturated heterocycles. The molecule has 0 amide bonds. The average Bonchev–Trinajstić information content (AvgIpc) is 2.08. The molecule has 0 bridgehead atoms. The van der Waals surface area contributed by atoms with Gasteiger partial charge in [0.15, 0.2) is 0 Å². The second-order valence-electron chi connectivity index (χ2n) is 2.53. The molecule has 0 aliphatic heterocycles. The predicted octanol–water partition coefficient (Wildman–Crippen LogP) is 1.64. The highest BCUT2D eigenvalue weighted by Gasteiger charge is 2.14. The van der Waals surface area contributed by atoms with Gasteiger partial charge in [-0.2, -0.15) is 0 Å². The Hall–Kier alpha value is -0.570. The molecule has 1 aromatic rings. The van der Waals surface area contributed by atoms with Gasteiger partial charge in [0.25, 0.3) is 0 Å². The zero-order valence-electron chi connectivity index (χ0n) is 7.76. The minimum absolute atomic E-state index is 0.0902. The minimum atomic E-state index is -3.34. The van der Waals surface area contributed by atoms with Crippen molar-refractivity contribution >= 4 is 49.1 Å². The third kappa shape index (κ3) is 3.78. The van der Waals surface area contributed by atoms with Crippen molar-refractivity contribution in [3.8, 4) is 0 Å². The molecule has 0 unspecified atom stereocenters. The van der Waals surface area contributed by atoms with Gasteiger partial charge in [-0.25, -0.2) is 18.4 Å². The molecule has 0 fully saturated rings. The lowest BCUT2D eigenvalue weighted by atomic mass is 10.4. The largest absolute Gasteiger partial charge is 0.411 e. The van der Waals surface area contributed by atoms with Gasteiger partial charge >= 0.3 is 0 Å². The van der Waals surface area contributed by atoms with Gasteiger partial charge in [-0.1, -0.05) is 28.4 Å². The maximum Gasteiger partial charge on any atom is 0.206 e. The summed E-state index contributed by atoms with van der Waals surface area (Å²) >= 11 is 11.4. The van der Waals surface area contributed by atoms with E-state index in [1.165, 1.54) is 0 Å². The predicted molar refractivity (Wildman–Crippen MR) is 62.1 cm³/mol. The molecule has 1 N–H and O–H groups in total. The summed E-state index contributed by atoms with van der Waals surface area (Å²) < 4.78 is 21.9. The SMILES string of the molecule is CS(=O)(=O)Sc1nc(Cl)c(C=NO)c(Cl)n1. The number of nitrogens with zero attached hydrogens (tertiary/aromatic N) is 3. The molecule has 0 atom stereocenters. The average molecular weight is 302 g/mol.